The Labute approximate surface area is 106 Å². The third-order valence-corrected chi connectivity index (χ3v) is 4.43. The van der Waals surface area contributed by atoms with Crippen molar-refractivity contribution in [2.75, 3.05) is 6.54 Å². The molecule has 1 heterocycles. The third kappa shape index (κ3) is 2.87. The molecule has 3 nitrogen and oxygen atoms in total. The molecule has 1 aliphatic carbocycles. The van der Waals surface area contributed by atoms with E-state index in [0.29, 0.717) is 6.54 Å². The van der Waals surface area contributed by atoms with Gasteiger partial charge in [-0.2, -0.15) is 0 Å². The second-order valence-corrected chi connectivity index (χ2v) is 6.45. The second-order valence-electron chi connectivity index (χ2n) is 5.08. The van der Waals surface area contributed by atoms with Gasteiger partial charge in [0.15, 0.2) is 0 Å². The first-order chi connectivity index (χ1) is 8.05. The Balaban J connectivity index is 1.85. The molecule has 2 rings (SSSR count). The van der Waals surface area contributed by atoms with E-state index in [1.807, 2.05) is 0 Å². The third-order valence-electron chi connectivity index (χ3n) is 3.41. The fraction of sp³-hybridized carbons (Fsp3) is 0.615. The smallest absolute Gasteiger partial charge is 0.227 e. The van der Waals surface area contributed by atoms with Gasteiger partial charge in [0, 0.05) is 28.8 Å². The molecule has 1 aromatic heterocycles. The molecule has 0 spiro atoms. The van der Waals surface area contributed by atoms with Crippen LogP contribution in [-0.4, -0.2) is 18.5 Å². The minimum Gasteiger partial charge on any atom is -0.353 e. The standard InChI is InChI=1S/C13H20N2OS/c1-9(7-11-4-3-10(2)17-11)15-12(16)13(8-14)5-6-13/h3-4,9H,5-8,14H2,1-2H3,(H,15,16). The monoisotopic (exact) mass is 252 g/mol. The summed E-state index contributed by atoms with van der Waals surface area (Å²) in [6.07, 6.45) is 2.80. The van der Waals surface area contributed by atoms with Gasteiger partial charge in [0.2, 0.25) is 5.91 Å². The van der Waals surface area contributed by atoms with Crippen LogP contribution in [0.15, 0.2) is 12.1 Å². The average molecular weight is 252 g/mol. The van der Waals surface area contributed by atoms with Gasteiger partial charge in [0.25, 0.3) is 0 Å². The molecule has 0 aliphatic heterocycles. The molecule has 1 aromatic rings. The topological polar surface area (TPSA) is 55.1 Å². The molecule has 17 heavy (non-hydrogen) atoms. The fourth-order valence-electron chi connectivity index (χ4n) is 2.00. The lowest BCUT2D eigenvalue weighted by molar-refractivity contribution is -0.126. The molecule has 0 radical (unpaired) electrons. The summed E-state index contributed by atoms with van der Waals surface area (Å²) in [6.45, 7) is 4.63. The van der Waals surface area contributed by atoms with E-state index in [9.17, 15) is 4.79 Å². The Morgan fingerprint density at radius 2 is 2.29 bits per heavy atom. The lowest BCUT2D eigenvalue weighted by atomic mass is 10.1. The van der Waals surface area contributed by atoms with Crippen LogP contribution in [0.3, 0.4) is 0 Å². The first-order valence-electron chi connectivity index (χ1n) is 6.12. The molecule has 0 saturated heterocycles. The van der Waals surface area contributed by atoms with Gasteiger partial charge in [-0.3, -0.25) is 4.79 Å². The van der Waals surface area contributed by atoms with Crippen LogP contribution in [0.1, 0.15) is 29.5 Å². The van der Waals surface area contributed by atoms with E-state index < -0.39 is 0 Å². The van der Waals surface area contributed by atoms with Crippen molar-refractivity contribution < 1.29 is 4.79 Å². The number of rotatable bonds is 5. The summed E-state index contributed by atoms with van der Waals surface area (Å²) in [5.74, 6) is 0.140. The summed E-state index contributed by atoms with van der Waals surface area (Å²) in [6, 6.07) is 4.44. The Hall–Kier alpha value is -0.870. The highest BCUT2D eigenvalue weighted by Gasteiger charge is 2.48. The number of nitrogens with two attached hydrogens (primary N) is 1. The number of nitrogens with one attached hydrogen (secondary N) is 1. The number of carbonyl (C=O) groups is 1. The van der Waals surface area contributed by atoms with Crippen LogP contribution in [0.2, 0.25) is 0 Å². The predicted octanol–water partition coefficient (Wildman–Crippen LogP) is 1.84. The molecule has 1 saturated carbocycles. The largest absolute Gasteiger partial charge is 0.353 e. The van der Waals surface area contributed by atoms with Crippen molar-refractivity contribution in [3.05, 3.63) is 21.9 Å². The Bertz CT molecular complexity index is 409. The Morgan fingerprint density at radius 1 is 1.59 bits per heavy atom. The summed E-state index contributed by atoms with van der Waals surface area (Å²) in [5, 5.41) is 3.08. The first-order valence-corrected chi connectivity index (χ1v) is 6.94. The maximum Gasteiger partial charge on any atom is 0.227 e. The van der Waals surface area contributed by atoms with E-state index in [-0.39, 0.29) is 17.4 Å². The highest BCUT2D eigenvalue weighted by Crippen LogP contribution is 2.44. The zero-order valence-electron chi connectivity index (χ0n) is 10.5. The number of hydrogen-bond acceptors (Lipinski definition) is 3. The number of carbonyl (C=O) groups excluding carboxylic acids is 1. The van der Waals surface area contributed by atoms with Crippen molar-refractivity contribution >= 4 is 17.2 Å². The lowest BCUT2D eigenvalue weighted by Crippen LogP contribution is -2.42. The van der Waals surface area contributed by atoms with Crippen LogP contribution >= 0.6 is 11.3 Å². The van der Waals surface area contributed by atoms with Crippen LogP contribution in [0.25, 0.3) is 0 Å². The van der Waals surface area contributed by atoms with Gasteiger partial charge in [-0.25, -0.2) is 0 Å². The van der Waals surface area contributed by atoms with Crippen LogP contribution < -0.4 is 11.1 Å². The Kier molecular flexibility index (Phi) is 3.54. The van der Waals surface area contributed by atoms with Gasteiger partial charge in [-0.05, 0) is 38.8 Å². The molecule has 1 amide bonds. The van der Waals surface area contributed by atoms with Crippen LogP contribution in [0.5, 0.6) is 0 Å². The summed E-state index contributed by atoms with van der Waals surface area (Å²) in [5.41, 5.74) is 5.41. The average Bonchev–Trinajstić information content (AvgIpc) is 2.98. The van der Waals surface area contributed by atoms with Gasteiger partial charge in [-0.1, -0.05) is 0 Å². The van der Waals surface area contributed by atoms with E-state index in [2.05, 4.69) is 31.3 Å². The number of amides is 1. The summed E-state index contributed by atoms with van der Waals surface area (Å²) < 4.78 is 0. The van der Waals surface area contributed by atoms with Crippen molar-refractivity contribution in [3.8, 4) is 0 Å². The lowest BCUT2D eigenvalue weighted by Gasteiger charge is -2.17. The minimum absolute atomic E-state index is 0.140. The van der Waals surface area contributed by atoms with E-state index in [1.54, 1.807) is 11.3 Å². The summed E-state index contributed by atoms with van der Waals surface area (Å²) >= 11 is 1.80. The van der Waals surface area contributed by atoms with Crippen molar-refractivity contribution in [3.63, 3.8) is 0 Å². The molecule has 4 heteroatoms. The molecule has 0 aromatic carbocycles. The Morgan fingerprint density at radius 3 is 2.76 bits per heavy atom. The molecule has 1 atom stereocenters. The second kappa shape index (κ2) is 4.78. The van der Waals surface area contributed by atoms with E-state index in [4.69, 9.17) is 5.73 Å². The van der Waals surface area contributed by atoms with Crippen molar-refractivity contribution in [2.24, 2.45) is 11.1 Å². The van der Waals surface area contributed by atoms with Gasteiger partial charge in [0.1, 0.15) is 0 Å². The highest BCUT2D eigenvalue weighted by atomic mass is 32.1. The fourth-order valence-corrected chi connectivity index (χ4v) is 3.02. The number of hydrogen-bond donors (Lipinski definition) is 2. The molecule has 1 aliphatic rings. The molecule has 94 valence electrons. The van der Waals surface area contributed by atoms with Crippen molar-refractivity contribution in [1.82, 2.24) is 5.32 Å². The van der Waals surface area contributed by atoms with E-state index in [0.717, 1.165) is 19.3 Å². The van der Waals surface area contributed by atoms with Gasteiger partial charge < -0.3 is 11.1 Å². The normalized spacial score (nSPS) is 18.8. The molecular formula is C13H20N2OS. The van der Waals surface area contributed by atoms with E-state index in [1.165, 1.54) is 9.75 Å². The van der Waals surface area contributed by atoms with Gasteiger partial charge >= 0.3 is 0 Å². The molecule has 1 fully saturated rings. The quantitative estimate of drug-likeness (QED) is 0.840. The van der Waals surface area contributed by atoms with Crippen molar-refractivity contribution in [1.29, 1.82) is 0 Å². The summed E-state index contributed by atoms with van der Waals surface area (Å²) in [4.78, 5) is 14.6. The zero-order valence-corrected chi connectivity index (χ0v) is 11.3. The maximum absolute atomic E-state index is 12.0. The highest BCUT2D eigenvalue weighted by molar-refractivity contribution is 7.11. The van der Waals surface area contributed by atoms with Gasteiger partial charge in [0.05, 0.1) is 5.41 Å². The van der Waals surface area contributed by atoms with Crippen molar-refractivity contribution in [2.45, 2.75) is 39.2 Å². The molecular weight excluding hydrogens is 232 g/mol. The SMILES string of the molecule is Cc1ccc(CC(C)NC(=O)C2(CN)CC2)s1. The number of thiophene rings is 1. The first kappa shape index (κ1) is 12.6. The maximum atomic E-state index is 12.0. The molecule has 1 unspecified atom stereocenters. The molecule has 3 N–H and O–H groups in total. The zero-order chi connectivity index (χ0) is 12.5. The number of aryl methyl sites for hydroxylation is 1. The van der Waals surface area contributed by atoms with Crippen LogP contribution in [0, 0.1) is 12.3 Å². The van der Waals surface area contributed by atoms with E-state index >= 15 is 0 Å². The summed E-state index contributed by atoms with van der Waals surface area (Å²) in [7, 11) is 0. The minimum atomic E-state index is -0.236. The van der Waals surface area contributed by atoms with Crippen LogP contribution in [0.4, 0.5) is 0 Å². The molecule has 0 bridgehead atoms. The van der Waals surface area contributed by atoms with Crippen LogP contribution in [-0.2, 0) is 11.2 Å². The van der Waals surface area contributed by atoms with Gasteiger partial charge in [-0.15, -0.1) is 11.3 Å². The predicted molar refractivity (Wildman–Crippen MR) is 71.1 cm³/mol.